The van der Waals surface area contributed by atoms with Gasteiger partial charge >= 0.3 is 12.3 Å². The third-order valence-corrected chi connectivity index (χ3v) is 8.60. The van der Waals surface area contributed by atoms with E-state index in [9.17, 15) is 27.6 Å². The number of nitrogens with zero attached hydrogens (tertiary/aromatic N) is 2. The molecule has 0 unspecified atom stereocenters. The van der Waals surface area contributed by atoms with Gasteiger partial charge in [0.05, 0.1) is 16.3 Å². The molecule has 0 saturated carbocycles. The Balaban J connectivity index is 1.46. The molecule has 13 heteroatoms. The van der Waals surface area contributed by atoms with E-state index < -0.39 is 40.9 Å². The number of carbonyl (C=O) groups is 3. The SMILES string of the molecule is CN(C)CCCCCNC(=O)[C@@H](Cc1cc(Cl)c(N)c(C(F)(F)F)c1)OC(=O)N1CCC2(CC1)CC(=O)Nc1ccccc12. The highest BCUT2D eigenvalue weighted by Crippen LogP contribution is 2.45. The number of fused-ring (bicyclic) bond motifs is 2. The highest BCUT2D eigenvalue weighted by Gasteiger charge is 2.44. The highest BCUT2D eigenvalue weighted by atomic mass is 35.5. The molecule has 1 spiro atoms. The monoisotopic (exact) mass is 637 g/mol. The number of nitrogens with two attached hydrogens (primary N) is 1. The lowest BCUT2D eigenvalue weighted by atomic mass is 9.68. The summed E-state index contributed by atoms with van der Waals surface area (Å²) < 4.78 is 46.5. The van der Waals surface area contributed by atoms with E-state index in [4.69, 9.17) is 22.1 Å². The van der Waals surface area contributed by atoms with Crippen LogP contribution in [0.4, 0.5) is 29.3 Å². The molecule has 0 aromatic heterocycles. The van der Waals surface area contributed by atoms with Crippen LogP contribution in [0.1, 0.15) is 55.2 Å². The molecule has 2 aliphatic heterocycles. The number of likely N-dealkylation sites (tertiary alicyclic amines) is 1. The van der Waals surface area contributed by atoms with E-state index in [0.29, 0.717) is 32.2 Å². The van der Waals surface area contributed by atoms with Crippen molar-refractivity contribution in [1.82, 2.24) is 15.1 Å². The average Bonchev–Trinajstić information content (AvgIpc) is 2.95. The minimum absolute atomic E-state index is 0.0536. The maximum atomic E-state index is 13.6. The molecule has 240 valence electrons. The molecule has 3 amide bonds. The second-order valence-corrected chi connectivity index (χ2v) is 12.2. The lowest BCUT2D eigenvalue weighted by Crippen LogP contribution is -2.50. The van der Waals surface area contributed by atoms with Gasteiger partial charge in [0, 0.05) is 43.6 Å². The van der Waals surface area contributed by atoms with Crippen molar-refractivity contribution in [3.63, 3.8) is 0 Å². The number of carbonyl (C=O) groups excluding carboxylic acids is 3. The van der Waals surface area contributed by atoms with Gasteiger partial charge in [0.2, 0.25) is 5.91 Å². The summed E-state index contributed by atoms with van der Waals surface area (Å²) in [6.07, 6.45) is -3.43. The van der Waals surface area contributed by atoms with Gasteiger partial charge in [-0.1, -0.05) is 36.2 Å². The van der Waals surface area contributed by atoms with E-state index in [1.807, 2.05) is 38.4 Å². The number of benzene rings is 2. The molecule has 0 aliphatic carbocycles. The van der Waals surface area contributed by atoms with Crippen LogP contribution in [0, 0.1) is 0 Å². The van der Waals surface area contributed by atoms with Crippen LogP contribution in [0.3, 0.4) is 0 Å². The first kappa shape index (κ1) is 33.4. The van der Waals surface area contributed by atoms with Crippen LogP contribution < -0.4 is 16.4 Å². The molecule has 0 bridgehead atoms. The molecule has 44 heavy (non-hydrogen) atoms. The number of ether oxygens (including phenoxy) is 1. The number of nitrogen functional groups attached to an aromatic ring is 1. The molecule has 2 aromatic rings. The van der Waals surface area contributed by atoms with E-state index in [1.165, 1.54) is 11.0 Å². The van der Waals surface area contributed by atoms with Crippen LogP contribution in [0.2, 0.25) is 5.02 Å². The fraction of sp³-hybridized carbons (Fsp3) is 0.516. The Bertz CT molecular complexity index is 1360. The third-order valence-electron chi connectivity index (χ3n) is 8.28. The Morgan fingerprint density at radius 2 is 1.86 bits per heavy atom. The Kier molecular flexibility index (Phi) is 10.7. The van der Waals surface area contributed by atoms with E-state index in [1.54, 1.807) is 0 Å². The Morgan fingerprint density at radius 1 is 1.16 bits per heavy atom. The molecule has 4 N–H and O–H groups in total. The van der Waals surface area contributed by atoms with Gasteiger partial charge in [0.1, 0.15) is 0 Å². The zero-order valence-electron chi connectivity index (χ0n) is 24.9. The smallest absolute Gasteiger partial charge is 0.418 e. The van der Waals surface area contributed by atoms with Crippen LogP contribution in [-0.4, -0.2) is 74.1 Å². The normalized spacial score (nSPS) is 16.8. The van der Waals surface area contributed by atoms with Crippen LogP contribution in [0.5, 0.6) is 0 Å². The number of anilines is 2. The van der Waals surface area contributed by atoms with Gasteiger partial charge < -0.3 is 30.9 Å². The topological polar surface area (TPSA) is 117 Å². The van der Waals surface area contributed by atoms with E-state index in [0.717, 1.165) is 36.7 Å². The van der Waals surface area contributed by atoms with Crippen molar-refractivity contribution in [3.05, 3.63) is 58.1 Å². The zero-order valence-corrected chi connectivity index (χ0v) is 25.7. The van der Waals surface area contributed by atoms with Gasteiger partial charge in [0.15, 0.2) is 6.10 Å². The Morgan fingerprint density at radius 3 is 2.55 bits per heavy atom. The van der Waals surface area contributed by atoms with Gasteiger partial charge in [-0.25, -0.2) is 4.79 Å². The molecular weight excluding hydrogens is 599 g/mol. The first-order valence-electron chi connectivity index (χ1n) is 14.7. The minimum atomic E-state index is -4.76. The van der Waals surface area contributed by atoms with E-state index in [2.05, 4.69) is 15.5 Å². The average molecular weight is 638 g/mol. The number of para-hydroxylation sites is 1. The first-order chi connectivity index (χ1) is 20.8. The van der Waals surface area contributed by atoms with Crippen molar-refractivity contribution in [2.45, 2.75) is 62.6 Å². The maximum Gasteiger partial charge on any atom is 0.418 e. The lowest BCUT2D eigenvalue weighted by molar-refractivity contribution is -0.137. The van der Waals surface area contributed by atoms with E-state index >= 15 is 0 Å². The number of unbranched alkanes of at least 4 members (excludes halogenated alkanes) is 2. The molecule has 1 atom stereocenters. The summed E-state index contributed by atoms with van der Waals surface area (Å²) >= 11 is 6.01. The molecule has 2 aromatic carbocycles. The number of hydrogen-bond acceptors (Lipinski definition) is 6. The largest absolute Gasteiger partial charge is 0.436 e. The summed E-state index contributed by atoms with van der Waals surface area (Å²) in [5, 5.41) is 5.36. The number of piperidine rings is 1. The summed E-state index contributed by atoms with van der Waals surface area (Å²) in [6.45, 7) is 1.80. The molecule has 9 nitrogen and oxygen atoms in total. The first-order valence-corrected chi connectivity index (χ1v) is 15.1. The van der Waals surface area contributed by atoms with Gasteiger partial charge in [-0.3, -0.25) is 9.59 Å². The number of halogens is 4. The zero-order chi connectivity index (χ0) is 32.1. The fourth-order valence-electron chi connectivity index (χ4n) is 5.89. The number of rotatable bonds is 10. The molecule has 2 aliphatic rings. The standard InChI is InChI=1S/C31H39ClF3N5O4/c1-39(2)13-7-3-6-12-37-28(42)25(18-20-16-22(31(33,34)35)27(36)23(32)17-20)44-29(43)40-14-10-30(11-15-40)19-26(41)38-24-9-5-4-8-21(24)30/h4-5,8-9,16-17,25H,3,6-7,10-15,18-19,36H2,1-2H3,(H,37,42)(H,38,41)/t25-/m1/s1. The van der Waals surface area contributed by atoms with Crippen molar-refractivity contribution >= 4 is 40.9 Å². The van der Waals surface area contributed by atoms with Crippen LogP contribution >= 0.6 is 11.6 Å². The van der Waals surface area contributed by atoms with Gasteiger partial charge in [-0.2, -0.15) is 13.2 Å². The van der Waals surface area contributed by atoms with Gasteiger partial charge in [0.25, 0.3) is 5.91 Å². The van der Waals surface area contributed by atoms with Crippen molar-refractivity contribution in [3.8, 4) is 0 Å². The predicted molar refractivity (Wildman–Crippen MR) is 162 cm³/mol. The molecule has 1 fully saturated rings. The summed E-state index contributed by atoms with van der Waals surface area (Å²) in [7, 11) is 3.95. The summed E-state index contributed by atoms with van der Waals surface area (Å²) in [4.78, 5) is 42.5. The quantitative estimate of drug-likeness (QED) is 0.243. The highest BCUT2D eigenvalue weighted by molar-refractivity contribution is 6.33. The third kappa shape index (κ3) is 8.15. The molecule has 1 saturated heterocycles. The van der Waals surface area contributed by atoms with Crippen molar-refractivity contribution in [2.24, 2.45) is 0 Å². The van der Waals surface area contributed by atoms with Crippen LogP contribution in [0.15, 0.2) is 36.4 Å². The van der Waals surface area contributed by atoms with Crippen molar-refractivity contribution in [1.29, 1.82) is 0 Å². The maximum absolute atomic E-state index is 13.6. The second kappa shape index (κ2) is 14.1. The predicted octanol–water partition coefficient (Wildman–Crippen LogP) is 5.21. The van der Waals surface area contributed by atoms with Crippen molar-refractivity contribution in [2.75, 3.05) is 51.3 Å². The van der Waals surface area contributed by atoms with Crippen molar-refractivity contribution < 1.29 is 32.3 Å². The number of nitrogens with one attached hydrogen (secondary N) is 2. The number of alkyl halides is 3. The van der Waals surface area contributed by atoms with E-state index in [-0.39, 0.29) is 36.0 Å². The molecular formula is C31H39ClF3N5O4. The summed E-state index contributed by atoms with van der Waals surface area (Å²) in [5.41, 5.74) is 5.26. The number of hydrogen-bond donors (Lipinski definition) is 3. The summed E-state index contributed by atoms with van der Waals surface area (Å²) in [6, 6.07) is 9.68. The van der Waals surface area contributed by atoms with Gasteiger partial charge in [-0.05, 0) is 75.6 Å². The second-order valence-electron chi connectivity index (χ2n) is 11.8. The van der Waals surface area contributed by atoms with Gasteiger partial charge in [-0.15, -0.1) is 0 Å². The lowest BCUT2D eigenvalue weighted by Gasteiger charge is -2.44. The molecule has 0 radical (unpaired) electrons. The fourth-order valence-corrected chi connectivity index (χ4v) is 6.14. The summed E-state index contributed by atoms with van der Waals surface area (Å²) in [5.74, 6) is -0.697. The number of amides is 3. The molecule has 4 rings (SSSR count). The Hall–Kier alpha value is -3.51. The Labute approximate surface area is 260 Å². The van der Waals surface area contributed by atoms with Crippen LogP contribution in [-0.2, 0) is 32.3 Å². The van der Waals surface area contributed by atoms with Crippen LogP contribution in [0.25, 0.3) is 0 Å². The molecule has 2 heterocycles. The minimum Gasteiger partial charge on any atom is -0.436 e.